The van der Waals surface area contributed by atoms with Crippen LogP contribution in [-0.2, 0) is 6.61 Å². The molecule has 3 nitrogen and oxygen atoms in total. The quantitative estimate of drug-likeness (QED) is 0.152. The number of aliphatic hydroxyl groups is 1. The molecular weight excluding hydrogens is 633 g/mol. The summed E-state index contributed by atoms with van der Waals surface area (Å²) in [6.45, 7) is 5.83. The Balaban J connectivity index is 0.000000193. The van der Waals surface area contributed by atoms with Crippen molar-refractivity contribution in [1.82, 2.24) is 0 Å². The van der Waals surface area contributed by atoms with Crippen molar-refractivity contribution in [3.05, 3.63) is 108 Å². The third kappa shape index (κ3) is 8.64. The molecule has 0 aromatic heterocycles. The van der Waals surface area contributed by atoms with E-state index in [0.717, 1.165) is 74.4 Å². The third-order valence-corrected chi connectivity index (χ3v) is 12.6. The van der Waals surface area contributed by atoms with E-state index in [4.69, 9.17) is 5.11 Å². The number of alkyl halides is 5. The standard InChI is InChI=1S/C21H24F3N2P.C15H15F2OP/c22-21(23,24)27(19-9-5-17(6-10-19)25-13-1-2-14-25)20-11-7-18(8-12-20)26-15-3-4-16-26;1-11-2-6-13(7-3-11)19(15(16)17)14-8-4-12(10-18)5-9-14/h5-12H,1-4,13-16H2;2-9,15,18H,10H2,1H3. The van der Waals surface area contributed by atoms with Gasteiger partial charge in [-0.3, -0.25) is 0 Å². The van der Waals surface area contributed by atoms with Crippen LogP contribution in [0.15, 0.2) is 97.1 Å². The summed E-state index contributed by atoms with van der Waals surface area (Å²) < 4.78 is 68.4. The maximum Gasteiger partial charge on any atom is 0.413 e. The van der Waals surface area contributed by atoms with Gasteiger partial charge in [-0.15, -0.1) is 0 Å². The highest BCUT2D eigenvalue weighted by Crippen LogP contribution is 2.51. The smallest absolute Gasteiger partial charge is 0.392 e. The van der Waals surface area contributed by atoms with Crippen molar-refractivity contribution in [2.75, 3.05) is 36.0 Å². The normalized spacial score (nSPS) is 15.8. The minimum Gasteiger partial charge on any atom is -0.392 e. The lowest BCUT2D eigenvalue weighted by Gasteiger charge is -2.24. The van der Waals surface area contributed by atoms with Gasteiger partial charge in [0.25, 0.3) is 6.17 Å². The van der Waals surface area contributed by atoms with Gasteiger partial charge in [-0.05, 0) is 83.7 Å². The van der Waals surface area contributed by atoms with Gasteiger partial charge in [0.05, 0.1) is 14.5 Å². The summed E-state index contributed by atoms with van der Waals surface area (Å²) in [5.74, 6) is -4.25. The van der Waals surface area contributed by atoms with Gasteiger partial charge in [0, 0.05) is 45.5 Å². The highest BCUT2D eigenvalue weighted by Gasteiger charge is 2.42. The van der Waals surface area contributed by atoms with Crippen LogP contribution < -0.4 is 31.0 Å². The number of hydrogen-bond acceptors (Lipinski definition) is 3. The second-order valence-electron chi connectivity index (χ2n) is 11.5. The molecule has 4 aromatic rings. The summed E-state index contributed by atoms with van der Waals surface area (Å²) in [6.07, 6.45) is 2.22. The van der Waals surface area contributed by atoms with Gasteiger partial charge >= 0.3 is 5.92 Å². The fourth-order valence-corrected chi connectivity index (χ4v) is 9.33. The number of aliphatic hydroxyl groups excluding tert-OH is 1. The lowest BCUT2D eigenvalue weighted by molar-refractivity contribution is -0.0379. The fraction of sp³-hybridized carbons (Fsp3) is 0.333. The van der Waals surface area contributed by atoms with Gasteiger partial charge in [0.1, 0.15) is 0 Å². The average Bonchev–Trinajstić information content (AvgIpc) is 3.79. The van der Waals surface area contributed by atoms with E-state index in [0.29, 0.717) is 21.2 Å². The van der Waals surface area contributed by atoms with E-state index in [1.54, 1.807) is 60.7 Å². The van der Waals surface area contributed by atoms with Gasteiger partial charge in [0.2, 0.25) is 0 Å². The first-order chi connectivity index (χ1) is 22.1. The van der Waals surface area contributed by atoms with E-state index in [1.807, 2.05) is 43.3 Å². The molecule has 244 valence electrons. The number of rotatable bonds is 8. The Hall–Kier alpha value is -3.05. The summed E-state index contributed by atoms with van der Waals surface area (Å²) >= 11 is 0. The molecule has 0 saturated carbocycles. The number of benzene rings is 4. The Morgan fingerprint density at radius 2 is 0.978 bits per heavy atom. The van der Waals surface area contributed by atoms with Crippen molar-refractivity contribution in [1.29, 1.82) is 0 Å². The lowest BCUT2D eigenvalue weighted by Crippen LogP contribution is -2.24. The van der Waals surface area contributed by atoms with Gasteiger partial charge in [-0.2, -0.15) is 13.2 Å². The molecular formula is C36H39F5N2OP2. The second kappa shape index (κ2) is 15.7. The maximum absolute atomic E-state index is 13.9. The highest BCUT2D eigenvalue weighted by atomic mass is 31.1. The van der Waals surface area contributed by atoms with Crippen molar-refractivity contribution < 1.29 is 27.1 Å². The van der Waals surface area contributed by atoms with Gasteiger partial charge in [-0.25, -0.2) is 8.78 Å². The zero-order chi connectivity index (χ0) is 32.7. The molecule has 0 amide bonds. The van der Waals surface area contributed by atoms with Crippen LogP contribution in [0.3, 0.4) is 0 Å². The molecule has 0 bridgehead atoms. The predicted molar refractivity (Wildman–Crippen MR) is 184 cm³/mol. The van der Waals surface area contributed by atoms with Crippen LogP contribution in [0.25, 0.3) is 0 Å². The third-order valence-electron chi connectivity index (χ3n) is 8.32. The van der Waals surface area contributed by atoms with E-state index in [2.05, 4.69) is 9.80 Å². The first-order valence-corrected chi connectivity index (χ1v) is 18.3. The first-order valence-electron chi connectivity index (χ1n) is 15.5. The number of anilines is 2. The molecule has 2 aliphatic rings. The molecule has 10 heteroatoms. The molecule has 0 aliphatic carbocycles. The molecule has 0 radical (unpaired) electrons. The van der Waals surface area contributed by atoms with Crippen molar-refractivity contribution >= 4 is 48.4 Å². The van der Waals surface area contributed by atoms with Crippen LogP contribution in [0.2, 0.25) is 0 Å². The van der Waals surface area contributed by atoms with Crippen molar-refractivity contribution in [2.24, 2.45) is 0 Å². The Kier molecular flexibility index (Phi) is 11.7. The van der Waals surface area contributed by atoms with Crippen LogP contribution >= 0.6 is 15.8 Å². The Morgan fingerprint density at radius 3 is 1.33 bits per heavy atom. The monoisotopic (exact) mass is 672 g/mol. The molecule has 1 atom stereocenters. The molecule has 0 spiro atoms. The predicted octanol–water partition coefficient (Wildman–Crippen LogP) is 7.98. The summed E-state index contributed by atoms with van der Waals surface area (Å²) in [5.41, 5.74) is 3.84. The van der Waals surface area contributed by atoms with Crippen LogP contribution in [0.1, 0.15) is 36.8 Å². The molecule has 2 saturated heterocycles. The molecule has 1 N–H and O–H groups in total. The van der Waals surface area contributed by atoms with Crippen molar-refractivity contribution in [3.8, 4) is 0 Å². The van der Waals surface area contributed by atoms with Crippen molar-refractivity contribution in [2.45, 2.75) is 51.3 Å². The van der Waals surface area contributed by atoms with E-state index in [1.165, 1.54) is 0 Å². The van der Waals surface area contributed by atoms with E-state index < -0.39 is 27.9 Å². The van der Waals surface area contributed by atoms with Gasteiger partial charge < -0.3 is 14.9 Å². The van der Waals surface area contributed by atoms with Crippen molar-refractivity contribution in [3.63, 3.8) is 0 Å². The Morgan fingerprint density at radius 1 is 0.609 bits per heavy atom. The maximum atomic E-state index is 13.9. The largest absolute Gasteiger partial charge is 0.413 e. The van der Waals surface area contributed by atoms with Gasteiger partial charge in [-0.1, -0.05) is 78.4 Å². The summed E-state index contributed by atoms with van der Waals surface area (Å²) in [5, 5.41) is 11.0. The summed E-state index contributed by atoms with van der Waals surface area (Å²) in [6, 6.07) is 28.1. The molecule has 1 unspecified atom stereocenters. The molecule has 4 aromatic carbocycles. The van der Waals surface area contributed by atoms with E-state index in [9.17, 15) is 22.0 Å². The Labute approximate surface area is 270 Å². The topological polar surface area (TPSA) is 26.7 Å². The number of halogens is 5. The molecule has 2 fully saturated rings. The minimum atomic E-state index is -4.25. The molecule has 6 rings (SSSR count). The fourth-order valence-electron chi connectivity index (χ4n) is 5.86. The number of nitrogens with zero attached hydrogens (tertiary/aromatic N) is 2. The number of aryl methyl sites for hydroxylation is 1. The first kappa shape index (κ1) is 34.3. The lowest BCUT2D eigenvalue weighted by atomic mass is 10.2. The second-order valence-corrected chi connectivity index (χ2v) is 15.9. The van der Waals surface area contributed by atoms with Crippen LogP contribution in [0.5, 0.6) is 0 Å². The average molecular weight is 673 g/mol. The van der Waals surface area contributed by atoms with E-state index >= 15 is 0 Å². The zero-order valence-corrected chi connectivity index (χ0v) is 27.6. The summed E-state index contributed by atoms with van der Waals surface area (Å²) in [4.78, 5) is 4.48. The SMILES string of the molecule is Cc1ccc(P(c2ccc(CO)cc2)C(F)F)cc1.FC(F)(F)P(c1ccc(N2CCCC2)cc1)c1ccc(N2CCCC2)cc1. The molecule has 2 heterocycles. The van der Waals surface area contributed by atoms with Crippen LogP contribution in [-0.4, -0.2) is 43.4 Å². The van der Waals surface area contributed by atoms with Crippen LogP contribution in [0, 0.1) is 6.92 Å². The van der Waals surface area contributed by atoms with E-state index in [-0.39, 0.29) is 6.61 Å². The van der Waals surface area contributed by atoms with Crippen LogP contribution in [0.4, 0.5) is 33.3 Å². The van der Waals surface area contributed by atoms with Gasteiger partial charge in [0.15, 0.2) is 0 Å². The molecule has 46 heavy (non-hydrogen) atoms. The molecule has 2 aliphatic heterocycles. The highest BCUT2D eigenvalue weighted by molar-refractivity contribution is 7.74. The summed E-state index contributed by atoms with van der Waals surface area (Å²) in [7, 11) is -4.03. The Bertz CT molecular complexity index is 1440. The minimum absolute atomic E-state index is 0.0720. The number of hydrogen-bond donors (Lipinski definition) is 1. The zero-order valence-electron chi connectivity index (χ0n) is 25.8.